The molecule has 0 unspecified atom stereocenters. The molecule has 0 aliphatic heterocycles. The topological polar surface area (TPSA) is 26.3 Å². The van der Waals surface area contributed by atoms with E-state index in [2.05, 4.69) is 15.9 Å². The zero-order valence-electron chi connectivity index (χ0n) is 11.0. The minimum atomic E-state index is 0.0295. The van der Waals surface area contributed by atoms with E-state index >= 15 is 0 Å². The molecule has 3 heteroatoms. The lowest BCUT2D eigenvalue weighted by molar-refractivity contribution is 0.104. The molecule has 0 aromatic heterocycles. The molecule has 0 bridgehead atoms. The van der Waals surface area contributed by atoms with E-state index in [1.165, 1.54) is 0 Å². The van der Waals surface area contributed by atoms with Crippen LogP contribution in [0, 0.1) is 0 Å². The molecule has 0 atom stereocenters. The molecule has 0 fully saturated rings. The maximum atomic E-state index is 12.3. The summed E-state index contributed by atoms with van der Waals surface area (Å²) in [4.78, 5) is 12.3. The predicted molar refractivity (Wildman–Crippen MR) is 83.3 cm³/mol. The lowest BCUT2D eigenvalue weighted by Crippen LogP contribution is -1.96. The van der Waals surface area contributed by atoms with Crippen LogP contribution in [0.3, 0.4) is 0 Å². The van der Waals surface area contributed by atoms with E-state index in [-0.39, 0.29) is 5.78 Å². The van der Waals surface area contributed by atoms with Gasteiger partial charge in [-0.05, 0) is 52.2 Å². The molecule has 0 spiro atoms. The quantitative estimate of drug-likeness (QED) is 0.832. The number of ether oxygens (including phenoxy) is 1. The van der Waals surface area contributed by atoms with Gasteiger partial charge >= 0.3 is 0 Å². The van der Waals surface area contributed by atoms with E-state index in [0.717, 1.165) is 28.0 Å². The Balaban J connectivity index is 2.17. The number of hydrogen-bond acceptors (Lipinski definition) is 2. The number of hydrogen-bond donors (Lipinski definition) is 0. The van der Waals surface area contributed by atoms with Crippen molar-refractivity contribution < 1.29 is 9.53 Å². The summed E-state index contributed by atoms with van der Waals surface area (Å²) in [5, 5.41) is 0. The highest BCUT2D eigenvalue weighted by Gasteiger charge is 2.29. The molecule has 2 nitrogen and oxygen atoms in total. The van der Waals surface area contributed by atoms with Crippen molar-refractivity contribution in [3.05, 3.63) is 69.7 Å². The Morgan fingerprint density at radius 3 is 2.50 bits per heavy atom. The zero-order chi connectivity index (χ0) is 14.1. The summed E-state index contributed by atoms with van der Waals surface area (Å²) in [6.45, 7) is 2.56. The third kappa shape index (κ3) is 2.08. The molecule has 20 heavy (non-hydrogen) atoms. The van der Waals surface area contributed by atoms with Crippen molar-refractivity contribution in [1.82, 2.24) is 0 Å². The summed E-state index contributed by atoms with van der Waals surface area (Å²) in [6.07, 6.45) is 0. The van der Waals surface area contributed by atoms with Crippen molar-refractivity contribution in [2.75, 3.05) is 6.61 Å². The van der Waals surface area contributed by atoms with E-state index in [9.17, 15) is 4.79 Å². The molecule has 0 saturated heterocycles. The van der Waals surface area contributed by atoms with Gasteiger partial charge in [0.2, 0.25) is 5.78 Å². The Morgan fingerprint density at radius 2 is 1.80 bits per heavy atom. The second-order valence-electron chi connectivity index (χ2n) is 4.52. The second kappa shape index (κ2) is 5.25. The Kier molecular flexibility index (Phi) is 3.45. The number of allylic oxidation sites excluding steroid dienone is 1. The first-order valence-electron chi connectivity index (χ1n) is 6.49. The maximum Gasteiger partial charge on any atom is 0.201 e. The average Bonchev–Trinajstić information content (AvgIpc) is 2.72. The van der Waals surface area contributed by atoms with Crippen LogP contribution in [0.2, 0.25) is 0 Å². The molecule has 100 valence electrons. The van der Waals surface area contributed by atoms with Crippen molar-refractivity contribution in [1.29, 1.82) is 0 Å². The van der Waals surface area contributed by atoms with E-state index in [1.54, 1.807) is 0 Å². The molecule has 2 aromatic carbocycles. The van der Waals surface area contributed by atoms with Crippen LogP contribution in [-0.4, -0.2) is 12.4 Å². The average molecular weight is 329 g/mol. The molecule has 1 aliphatic rings. The van der Waals surface area contributed by atoms with Gasteiger partial charge in [0.1, 0.15) is 5.75 Å². The van der Waals surface area contributed by atoms with Gasteiger partial charge < -0.3 is 4.74 Å². The van der Waals surface area contributed by atoms with Gasteiger partial charge in [-0.2, -0.15) is 0 Å². The fourth-order valence-electron chi connectivity index (χ4n) is 2.42. The van der Waals surface area contributed by atoms with Crippen molar-refractivity contribution in [2.24, 2.45) is 0 Å². The fraction of sp³-hybridized carbons (Fsp3) is 0.118. The normalized spacial score (nSPS) is 13.6. The van der Waals surface area contributed by atoms with Gasteiger partial charge in [-0.25, -0.2) is 0 Å². The van der Waals surface area contributed by atoms with Gasteiger partial charge in [-0.1, -0.05) is 30.3 Å². The lowest BCUT2D eigenvalue weighted by Gasteiger charge is -2.08. The van der Waals surface area contributed by atoms with Gasteiger partial charge in [-0.15, -0.1) is 0 Å². The van der Waals surface area contributed by atoms with E-state index in [1.807, 2.05) is 55.5 Å². The summed E-state index contributed by atoms with van der Waals surface area (Å²) in [6, 6.07) is 15.5. The van der Waals surface area contributed by atoms with Crippen LogP contribution in [0.1, 0.15) is 28.4 Å². The van der Waals surface area contributed by atoms with Crippen LogP contribution >= 0.6 is 15.9 Å². The predicted octanol–water partition coefficient (Wildman–Crippen LogP) is 4.44. The second-order valence-corrected chi connectivity index (χ2v) is 5.32. The molecule has 0 heterocycles. The van der Waals surface area contributed by atoms with Crippen LogP contribution < -0.4 is 4.74 Å². The summed E-state index contributed by atoms with van der Waals surface area (Å²) in [5.41, 5.74) is 3.62. The number of carbonyl (C=O) groups is 1. The van der Waals surface area contributed by atoms with Gasteiger partial charge in [0, 0.05) is 11.1 Å². The summed E-state index contributed by atoms with van der Waals surface area (Å²) in [7, 11) is 0. The minimum absolute atomic E-state index is 0.0295. The maximum absolute atomic E-state index is 12.3. The van der Waals surface area contributed by atoms with Crippen LogP contribution in [-0.2, 0) is 0 Å². The van der Waals surface area contributed by atoms with Crippen molar-refractivity contribution in [2.45, 2.75) is 6.92 Å². The lowest BCUT2D eigenvalue weighted by atomic mass is 9.99. The Labute approximate surface area is 126 Å². The third-order valence-electron chi connectivity index (χ3n) is 3.30. The number of rotatable bonds is 3. The van der Waals surface area contributed by atoms with Crippen molar-refractivity contribution >= 4 is 27.3 Å². The first-order chi connectivity index (χ1) is 9.72. The molecule has 0 saturated carbocycles. The molecule has 3 rings (SSSR count). The fourth-order valence-corrected chi connectivity index (χ4v) is 3.08. The van der Waals surface area contributed by atoms with Gasteiger partial charge in [0.25, 0.3) is 0 Å². The zero-order valence-corrected chi connectivity index (χ0v) is 12.6. The monoisotopic (exact) mass is 328 g/mol. The first kappa shape index (κ1) is 13.1. The van der Waals surface area contributed by atoms with E-state index in [0.29, 0.717) is 11.1 Å². The van der Waals surface area contributed by atoms with Crippen LogP contribution in [0.5, 0.6) is 5.75 Å². The number of halogens is 1. The number of benzene rings is 2. The first-order valence-corrected chi connectivity index (χ1v) is 7.28. The molecular formula is C17H13BrO2. The smallest absolute Gasteiger partial charge is 0.201 e. The molecule has 2 aromatic rings. The largest absolute Gasteiger partial charge is 0.494 e. The number of ketones is 1. The van der Waals surface area contributed by atoms with Gasteiger partial charge in [0.05, 0.1) is 11.1 Å². The number of carbonyl (C=O) groups excluding carboxylic acids is 1. The summed E-state index contributed by atoms with van der Waals surface area (Å²) >= 11 is 3.44. The number of Topliss-reactive ketones (excluding diaryl/α,β-unsaturated/α-hetero) is 1. The summed E-state index contributed by atoms with van der Waals surface area (Å²) in [5.74, 6) is 0.816. The van der Waals surface area contributed by atoms with Crippen molar-refractivity contribution in [3.8, 4) is 5.75 Å². The molecule has 0 radical (unpaired) electrons. The van der Waals surface area contributed by atoms with Crippen molar-refractivity contribution in [3.63, 3.8) is 0 Å². The molecule has 0 amide bonds. The Bertz CT molecular complexity index is 702. The SMILES string of the molecule is CCOc1ccc2c(c1)C(c1ccccc1)=C(Br)C2=O. The molecular weight excluding hydrogens is 316 g/mol. The standard InChI is InChI=1S/C17H13BrO2/c1-2-20-12-8-9-13-14(10-12)15(16(18)17(13)19)11-6-4-3-5-7-11/h3-10H,2H2,1H3. The minimum Gasteiger partial charge on any atom is -0.494 e. The third-order valence-corrected chi connectivity index (χ3v) is 4.05. The van der Waals surface area contributed by atoms with Crippen LogP contribution in [0.15, 0.2) is 53.0 Å². The highest BCUT2D eigenvalue weighted by molar-refractivity contribution is 9.12. The van der Waals surface area contributed by atoms with Crippen LogP contribution in [0.25, 0.3) is 5.57 Å². The molecule has 0 N–H and O–H groups in total. The number of fused-ring (bicyclic) bond motifs is 1. The Morgan fingerprint density at radius 1 is 1.05 bits per heavy atom. The summed E-state index contributed by atoms with van der Waals surface area (Å²) < 4.78 is 6.15. The molecule has 1 aliphatic carbocycles. The van der Waals surface area contributed by atoms with E-state index < -0.39 is 0 Å². The van der Waals surface area contributed by atoms with E-state index in [4.69, 9.17) is 4.74 Å². The Hall–Kier alpha value is -1.87. The van der Waals surface area contributed by atoms with Crippen LogP contribution in [0.4, 0.5) is 0 Å². The highest BCUT2D eigenvalue weighted by Crippen LogP contribution is 2.41. The highest BCUT2D eigenvalue weighted by atomic mass is 79.9. The van der Waals surface area contributed by atoms with Gasteiger partial charge in [-0.3, -0.25) is 4.79 Å². The van der Waals surface area contributed by atoms with Gasteiger partial charge in [0.15, 0.2) is 0 Å².